The van der Waals surface area contributed by atoms with Crippen LogP contribution in [-0.2, 0) is 14.3 Å². The molecule has 0 bridgehead atoms. The van der Waals surface area contributed by atoms with Crippen LogP contribution in [-0.4, -0.2) is 35.5 Å². The van der Waals surface area contributed by atoms with E-state index in [1.54, 1.807) is 18.7 Å². The van der Waals surface area contributed by atoms with Crippen LogP contribution in [0.5, 0.6) is 0 Å². The van der Waals surface area contributed by atoms with Crippen LogP contribution < -0.4 is 5.32 Å². The van der Waals surface area contributed by atoms with Gasteiger partial charge in [-0.25, -0.2) is 0 Å². The van der Waals surface area contributed by atoms with Crippen molar-refractivity contribution in [3.05, 3.63) is 0 Å². The zero-order chi connectivity index (χ0) is 12.8. The first-order chi connectivity index (χ1) is 7.24. The van der Waals surface area contributed by atoms with E-state index in [-0.39, 0.29) is 29.1 Å². The number of carbonyl (C=O) groups is 2. The Balaban J connectivity index is 3.83. The fraction of sp³-hybridized carbons (Fsp3) is 0.818. The number of hydrogen-bond donors (Lipinski definition) is 1. The fourth-order valence-electron chi connectivity index (χ4n) is 0.983. The van der Waals surface area contributed by atoms with E-state index in [2.05, 4.69) is 30.8 Å². The van der Waals surface area contributed by atoms with Gasteiger partial charge in [0.25, 0.3) is 0 Å². The third-order valence-corrected chi connectivity index (χ3v) is 3.02. The summed E-state index contributed by atoms with van der Waals surface area (Å²) in [6.07, 6.45) is 0.211. The van der Waals surface area contributed by atoms with E-state index in [9.17, 15) is 9.59 Å². The van der Waals surface area contributed by atoms with Crippen molar-refractivity contribution in [2.75, 3.05) is 12.9 Å². The van der Waals surface area contributed by atoms with Crippen molar-refractivity contribution in [1.82, 2.24) is 5.32 Å². The van der Waals surface area contributed by atoms with Gasteiger partial charge in [0.15, 0.2) is 0 Å². The van der Waals surface area contributed by atoms with Crippen molar-refractivity contribution in [1.29, 1.82) is 0 Å². The Morgan fingerprint density at radius 1 is 1.38 bits per heavy atom. The average molecular weight is 247 g/mol. The maximum absolute atomic E-state index is 11.5. The van der Waals surface area contributed by atoms with Gasteiger partial charge >= 0.3 is 5.97 Å². The summed E-state index contributed by atoms with van der Waals surface area (Å²) in [5.41, 5.74) is 0. The average Bonchev–Trinajstić information content (AvgIpc) is 2.13. The van der Waals surface area contributed by atoms with Crippen LogP contribution in [0.25, 0.3) is 0 Å². The Bertz CT molecular complexity index is 248. The summed E-state index contributed by atoms with van der Waals surface area (Å²) >= 11 is 1.58. The standard InChI is InChI=1S/C11H21NO3S/c1-8(6-10(14)15-5)12-9(13)7-16-11(2,3)4/h8H,6-7H2,1-5H3,(H,12,13). The predicted molar refractivity (Wildman–Crippen MR) is 66.4 cm³/mol. The molecule has 0 aromatic rings. The lowest BCUT2D eigenvalue weighted by Crippen LogP contribution is -2.36. The summed E-state index contributed by atoms with van der Waals surface area (Å²) in [5, 5.41) is 2.76. The first-order valence-corrected chi connectivity index (χ1v) is 6.23. The summed E-state index contributed by atoms with van der Waals surface area (Å²) in [6, 6.07) is -0.180. The molecule has 0 aliphatic carbocycles. The van der Waals surface area contributed by atoms with Crippen LogP contribution in [0.1, 0.15) is 34.1 Å². The lowest BCUT2D eigenvalue weighted by molar-refractivity contribution is -0.141. The summed E-state index contributed by atoms with van der Waals surface area (Å²) < 4.78 is 4.59. The summed E-state index contributed by atoms with van der Waals surface area (Å²) in [5.74, 6) is 0.0576. The second-order valence-corrected chi connectivity index (χ2v) is 6.45. The first-order valence-electron chi connectivity index (χ1n) is 5.24. The highest BCUT2D eigenvalue weighted by atomic mass is 32.2. The number of methoxy groups -OCH3 is 1. The number of nitrogens with one attached hydrogen (secondary N) is 1. The summed E-state index contributed by atoms with van der Waals surface area (Å²) in [6.45, 7) is 7.96. The number of ether oxygens (including phenoxy) is 1. The fourth-order valence-corrected chi connectivity index (χ4v) is 1.63. The molecule has 0 saturated carbocycles. The molecule has 0 aliphatic rings. The van der Waals surface area contributed by atoms with Gasteiger partial charge in [-0.1, -0.05) is 20.8 Å². The highest BCUT2D eigenvalue weighted by molar-refractivity contribution is 8.01. The Hall–Kier alpha value is -0.710. The van der Waals surface area contributed by atoms with Crippen LogP contribution in [0.4, 0.5) is 0 Å². The molecular formula is C11H21NO3S. The number of amides is 1. The predicted octanol–water partition coefficient (Wildman–Crippen LogP) is 1.59. The molecule has 0 heterocycles. The van der Waals surface area contributed by atoms with E-state index in [0.717, 1.165) is 0 Å². The molecular weight excluding hydrogens is 226 g/mol. The van der Waals surface area contributed by atoms with Crippen molar-refractivity contribution in [3.8, 4) is 0 Å². The van der Waals surface area contributed by atoms with E-state index in [1.807, 2.05) is 0 Å². The molecule has 0 spiro atoms. The molecule has 0 fully saturated rings. The molecule has 5 heteroatoms. The minimum absolute atomic E-state index is 0.0451. The van der Waals surface area contributed by atoms with Crippen LogP contribution in [0, 0.1) is 0 Å². The highest BCUT2D eigenvalue weighted by Gasteiger charge is 2.16. The molecule has 1 atom stereocenters. The first kappa shape index (κ1) is 15.3. The van der Waals surface area contributed by atoms with Crippen LogP contribution in [0.3, 0.4) is 0 Å². The van der Waals surface area contributed by atoms with Gasteiger partial charge in [-0.05, 0) is 6.92 Å². The minimum Gasteiger partial charge on any atom is -0.469 e. The Labute approximate surface area is 101 Å². The van der Waals surface area contributed by atoms with Crippen molar-refractivity contribution in [2.45, 2.75) is 44.9 Å². The zero-order valence-electron chi connectivity index (χ0n) is 10.6. The van der Waals surface area contributed by atoms with E-state index in [0.29, 0.717) is 5.75 Å². The van der Waals surface area contributed by atoms with Gasteiger partial charge in [-0.2, -0.15) is 0 Å². The van der Waals surface area contributed by atoms with Gasteiger partial charge < -0.3 is 10.1 Å². The maximum atomic E-state index is 11.5. The smallest absolute Gasteiger partial charge is 0.307 e. The molecule has 16 heavy (non-hydrogen) atoms. The Kier molecular flexibility index (Phi) is 6.48. The number of esters is 1. The highest BCUT2D eigenvalue weighted by Crippen LogP contribution is 2.22. The number of carbonyl (C=O) groups excluding carboxylic acids is 2. The number of hydrogen-bond acceptors (Lipinski definition) is 4. The molecule has 0 aromatic carbocycles. The minimum atomic E-state index is -0.309. The molecule has 1 amide bonds. The second kappa shape index (κ2) is 6.78. The van der Waals surface area contributed by atoms with Crippen molar-refractivity contribution >= 4 is 23.6 Å². The third kappa shape index (κ3) is 8.59. The second-order valence-electron chi connectivity index (χ2n) is 4.65. The molecule has 4 nitrogen and oxygen atoms in total. The van der Waals surface area contributed by atoms with Crippen LogP contribution in [0.15, 0.2) is 0 Å². The van der Waals surface area contributed by atoms with Gasteiger partial charge in [0.05, 0.1) is 19.3 Å². The van der Waals surface area contributed by atoms with Crippen LogP contribution in [0.2, 0.25) is 0 Å². The molecule has 1 N–H and O–H groups in total. The molecule has 0 rings (SSSR count). The van der Waals surface area contributed by atoms with Gasteiger partial charge in [-0.15, -0.1) is 11.8 Å². The Morgan fingerprint density at radius 2 is 1.94 bits per heavy atom. The van der Waals surface area contributed by atoms with E-state index < -0.39 is 0 Å². The summed E-state index contributed by atoms with van der Waals surface area (Å²) in [7, 11) is 1.34. The number of rotatable bonds is 5. The SMILES string of the molecule is COC(=O)CC(C)NC(=O)CSC(C)(C)C. The van der Waals surface area contributed by atoms with Gasteiger partial charge in [0, 0.05) is 10.8 Å². The molecule has 0 aliphatic heterocycles. The largest absolute Gasteiger partial charge is 0.469 e. The molecule has 0 radical (unpaired) electrons. The quantitative estimate of drug-likeness (QED) is 0.750. The zero-order valence-corrected chi connectivity index (χ0v) is 11.4. The molecule has 0 saturated heterocycles. The van der Waals surface area contributed by atoms with Crippen molar-refractivity contribution in [3.63, 3.8) is 0 Å². The van der Waals surface area contributed by atoms with Gasteiger partial charge in [0.2, 0.25) is 5.91 Å². The Morgan fingerprint density at radius 3 is 2.38 bits per heavy atom. The topological polar surface area (TPSA) is 55.4 Å². The molecule has 94 valence electrons. The molecule has 1 unspecified atom stereocenters. The van der Waals surface area contributed by atoms with E-state index >= 15 is 0 Å². The molecule has 0 aromatic heterocycles. The van der Waals surface area contributed by atoms with E-state index in [4.69, 9.17) is 0 Å². The monoisotopic (exact) mass is 247 g/mol. The lowest BCUT2D eigenvalue weighted by Gasteiger charge is -2.18. The third-order valence-electron chi connectivity index (χ3n) is 1.74. The van der Waals surface area contributed by atoms with Crippen molar-refractivity contribution in [2.24, 2.45) is 0 Å². The number of thioether (sulfide) groups is 1. The lowest BCUT2D eigenvalue weighted by atomic mass is 10.2. The normalized spacial score (nSPS) is 13.1. The maximum Gasteiger partial charge on any atom is 0.307 e. The van der Waals surface area contributed by atoms with Crippen LogP contribution >= 0.6 is 11.8 Å². The summed E-state index contributed by atoms with van der Waals surface area (Å²) in [4.78, 5) is 22.4. The van der Waals surface area contributed by atoms with Gasteiger partial charge in [-0.3, -0.25) is 9.59 Å². The van der Waals surface area contributed by atoms with E-state index in [1.165, 1.54) is 7.11 Å². The van der Waals surface area contributed by atoms with Gasteiger partial charge in [0.1, 0.15) is 0 Å². The van der Waals surface area contributed by atoms with Crippen molar-refractivity contribution < 1.29 is 14.3 Å².